The number of nitrogens with zero attached hydrogens (tertiary/aromatic N) is 1. The second-order valence-electron chi connectivity index (χ2n) is 5.05. The number of hydrogen-bond acceptors (Lipinski definition) is 4. The van der Waals surface area contributed by atoms with Crippen LogP contribution >= 0.6 is 0 Å². The van der Waals surface area contributed by atoms with E-state index in [1.165, 1.54) is 12.1 Å². The van der Waals surface area contributed by atoms with Gasteiger partial charge in [0.2, 0.25) is 5.91 Å². The minimum Gasteiger partial charge on any atom is -0.441 e. The number of halogens is 1. The quantitative estimate of drug-likeness (QED) is 0.854. The molecule has 0 aliphatic carbocycles. The van der Waals surface area contributed by atoms with Crippen molar-refractivity contribution >= 4 is 5.91 Å². The van der Waals surface area contributed by atoms with E-state index >= 15 is 0 Å². The molecule has 1 unspecified atom stereocenters. The largest absolute Gasteiger partial charge is 0.441 e. The summed E-state index contributed by atoms with van der Waals surface area (Å²) in [7, 11) is 1.59. The highest BCUT2D eigenvalue weighted by atomic mass is 19.1. The zero-order chi connectivity index (χ0) is 15.9. The van der Waals surface area contributed by atoms with Crippen LogP contribution in [0.15, 0.2) is 34.9 Å². The maximum Gasteiger partial charge on any atom is 0.220 e. The van der Waals surface area contributed by atoms with E-state index in [1.54, 1.807) is 25.4 Å². The van der Waals surface area contributed by atoms with Crippen molar-refractivity contribution < 1.29 is 18.3 Å². The number of carbonyl (C=O) groups excluding carboxylic acids is 1. The van der Waals surface area contributed by atoms with Crippen molar-refractivity contribution in [1.29, 1.82) is 0 Å². The molecule has 2 rings (SSSR count). The number of aryl methyl sites for hydroxylation is 1. The zero-order valence-electron chi connectivity index (χ0n) is 12.6. The highest BCUT2D eigenvalue weighted by Gasteiger charge is 2.11. The molecule has 0 fully saturated rings. The molecule has 22 heavy (non-hydrogen) atoms. The van der Waals surface area contributed by atoms with E-state index in [-0.39, 0.29) is 24.2 Å². The number of hydrogen-bond donors (Lipinski definition) is 1. The van der Waals surface area contributed by atoms with Gasteiger partial charge in [-0.25, -0.2) is 9.37 Å². The Labute approximate surface area is 128 Å². The first-order valence-corrected chi connectivity index (χ1v) is 7.07. The number of rotatable bonds is 7. The topological polar surface area (TPSA) is 64.4 Å². The van der Waals surface area contributed by atoms with E-state index in [4.69, 9.17) is 9.15 Å². The number of aromatic nitrogens is 1. The van der Waals surface area contributed by atoms with Crippen LogP contribution in [0.1, 0.15) is 19.2 Å². The predicted molar refractivity (Wildman–Crippen MR) is 79.7 cm³/mol. The predicted octanol–water partition coefficient (Wildman–Crippen LogP) is 2.56. The first kappa shape index (κ1) is 16.2. The van der Waals surface area contributed by atoms with Crippen LogP contribution < -0.4 is 5.32 Å². The van der Waals surface area contributed by atoms with Gasteiger partial charge >= 0.3 is 0 Å². The monoisotopic (exact) mass is 306 g/mol. The molecule has 1 aromatic heterocycles. The zero-order valence-corrected chi connectivity index (χ0v) is 12.6. The van der Waals surface area contributed by atoms with Gasteiger partial charge in [0.15, 0.2) is 11.7 Å². The van der Waals surface area contributed by atoms with Gasteiger partial charge in [-0.2, -0.15) is 0 Å². The van der Waals surface area contributed by atoms with Gasteiger partial charge in [0, 0.05) is 31.6 Å². The molecule has 6 heteroatoms. The SMILES string of the molecule is COCC(C)NC(=O)CCc1ncc(-c2ccc(F)cc2)o1. The number of benzene rings is 1. The van der Waals surface area contributed by atoms with Crippen molar-refractivity contribution in [3.05, 3.63) is 42.2 Å². The third-order valence-electron chi connectivity index (χ3n) is 3.07. The fourth-order valence-corrected chi connectivity index (χ4v) is 2.03. The van der Waals surface area contributed by atoms with Gasteiger partial charge in [0.25, 0.3) is 0 Å². The molecule has 0 spiro atoms. The Hall–Kier alpha value is -2.21. The standard InChI is InChI=1S/C16H19FN2O3/c1-11(10-21-2)19-15(20)7-8-16-18-9-14(22-16)12-3-5-13(17)6-4-12/h3-6,9,11H,7-8,10H2,1-2H3,(H,19,20). The average Bonchev–Trinajstić information content (AvgIpc) is 2.95. The van der Waals surface area contributed by atoms with Crippen molar-refractivity contribution in [2.24, 2.45) is 0 Å². The molecular formula is C16H19FN2O3. The van der Waals surface area contributed by atoms with Crippen molar-refractivity contribution in [2.45, 2.75) is 25.8 Å². The lowest BCUT2D eigenvalue weighted by Crippen LogP contribution is -2.35. The van der Waals surface area contributed by atoms with E-state index in [1.807, 2.05) is 6.92 Å². The second-order valence-corrected chi connectivity index (χ2v) is 5.05. The number of oxazole rings is 1. The highest BCUT2D eigenvalue weighted by Crippen LogP contribution is 2.21. The average molecular weight is 306 g/mol. The summed E-state index contributed by atoms with van der Waals surface area (Å²) < 4.78 is 23.4. The van der Waals surface area contributed by atoms with Gasteiger partial charge in [-0.1, -0.05) is 0 Å². The molecule has 0 radical (unpaired) electrons. The third kappa shape index (κ3) is 4.66. The normalized spacial score (nSPS) is 12.1. The van der Waals surface area contributed by atoms with Gasteiger partial charge in [0.1, 0.15) is 5.82 Å². The lowest BCUT2D eigenvalue weighted by molar-refractivity contribution is -0.122. The third-order valence-corrected chi connectivity index (χ3v) is 3.07. The van der Waals surface area contributed by atoms with E-state index in [2.05, 4.69) is 10.3 Å². The highest BCUT2D eigenvalue weighted by molar-refractivity contribution is 5.76. The molecule has 5 nitrogen and oxygen atoms in total. The summed E-state index contributed by atoms with van der Waals surface area (Å²) in [6.45, 7) is 2.35. The Balaban J connectivity index is 1.87. The molecule has 2 aromatic rings. The number of carbonyl (C=O) groups is 1. The fraction of sp³-hybridized carbons (Fsp3) is 0.375. The minimum absolute atomic E-state index is 0.0307. The number of nitrogens with one attached hydrogen (secondary N) is 1. The lowest BCUT2D eigenvalue weighted by Gasteiger charge is -2.11. The van der Waals surface area contributed by atoms with Crippen LogP contribution in [0.3, 0.4) is 0 Å². The summed E-state index contributed by atoms with van der Waals surface area (Å²) in [6, 6.07) is 5.94. The molecule has 0 bridgehead atoms. The molecule has 0 aliphatic heterocycles. The summed E-state index contributed by atoms with van der Waals surface area (Å²) >= 11 is 0. The van der Waals surface area contributed by atoms with Crippen LogP contribution in [0.25, 0.3) is 11.3 Å². The smallest absolute Gasteiger partial charge is 0.220 e. The minimum atomic E-state index is -0.301. The number of methoxy groups -OCH3 is 1. The Bertz CT molecular complexity index is 610. The lowest BCUT2D eigenvalue weighted by atomic mass is 10.2. The van der Waals surface area contributed by atoms with Crippen LogP contribution in [0, 0.1) is 5.82 Å². The van der Waals surface area contributed by atoms with E-state index in [0.29, 0.717) is 24.7 Å². The Morgan fingerprint density at radius 3 is 2.82 bits per heavy atom. The van der Waals surface area contributed by atoms with E-state index in [9.17, 15) is 9.18 Å². The number of amides is 1. The summed E-state index contributed by atoms with van der Waals surface area (Å²) in [5, 5.41) is 2.82. The Morgan fingerprint density at radius 1 is 1.41 bits per heavy atom. The molecule has 0 saturated carbocycles. The summed E-state index contributed by atoms with van der Waals surface area (Å²) in [5.74, 6) is 0.661. The van der Waals surface area contributed by atoms with Crippen LogP contribution in [0.5, 0.6) is 0 Å². The Kier molecular flexibility index (Phi) is 5.66. The summed E-state index contributed by atoms with van der Waals surface area (Å²) in [6.07, 6.45) is 2.28. The molecule has 118 valence electrons. The molecule has 1 atom stereocenters. The van der Waals surface area contributed by atoms with Crippen LogP contribution in [0.2, 0.25) is 0 Å². The fourth-order valence-electron chi connectivity index (χ4n) is 2.03. The van der Waals surface area contributed by atoms with Crippen molar-refractivity contribution in [3.8, 4) is 11.3 Å². The Morgan fingerprint density at radius 2 is 2.14 bits per heavy atom. The second kappa shape index (κ2) is 7.70. The maximum atomic E-state index is 12.9. The van der Waals surface area contributed by atoms with Gasteiger partial charge in [-0.15, -0.1) is 0 Å². The molecule has 1 N–H and O–H groups in total. The van der Waals surface area contributed by atoms with E-state index in [0.717, 1.165) is 5.56 Å². The molecule has 1 heterocycles. The van der Waals surface area contributed by atoms with Crippen LogP contribution in [-0.4, -0.2) is 30.6 Å². The molecule has 1 amide bonds. The van der Waals surface area contributed by atoms with Crippen molar-refractivity contribution in [1.82, 2.24) is 10.3 Å². The first-order chi connectivity index (χ1) is 10.6. The van der Waals surface area contributed by atoms with E-state index < -0.39 is 0 Å². The molecule has 0 aliphatic rings. The maximum absolute atomic E-state index is 12.9. The number of ether oxygens (including phenoxy) is 1. The van der Waals surface area contributed by atoms with Gasteiger partial charge < -0.3 is 14.5 Å². The van der Waals surface area contributed by atoms with Gasteiger partial charge in [-0.3, -0.25) is 4.79 Å². The molecule has 0 saturated heterocycles. The van der Waals surface area contributed by atoms with Gasteiger partial charge in [0.05, 0.1) is 12.8 Å². The van der Waals surface area contributed by atoms with Crippen molar-refractivity contribution in [2.75, 3.05) is 13.7 Å². The summed E-state index contributed by atoms with van der Waals surface area (Å²) in [5.41, 5.74) is 0.748. The van der Waals surface area contributed by atoms with Crippen LogP contribution in [0.4, 0.5) is 4.39 Å². The van der Waals surface area contributed by atoms with Crippen molar-refractivity contribution in [3.63, 3.8) is 0 Å². The first-order valence-electron chi connectivity index (χ1n) is 7.07. The molecular weight excluding hydrogens is 287 g/mol. The van der Waals surface area contributed by atoms with Gasteiger partial charge in [-0.05, 0) is 31.2 Å². The summed E-state index contributed by atoms with van der Waals surface area (Å²) in [4.78, 5) is 15.9. The van der Waals surface area contributed by atoms with Crippen LogP contribution in [-0.2, 0) is 16.0 Å². The molecule has 1 aromatic carbocycles.